The van der Waals surface area contributed by atoms with E-state index in [0.717, 1.165) is 30.4 Å². The molecule has 3 aromatic carbocycles. The molecule has 0 spiro atoms. The van der Waals surface area contributed by atoms with E-state index in [1.54, 1.807) is 18.2 Å². The molecule has 3 rings (SSSR count). The minimum atomic E-state index is 0.0130. The number of hydrogen-bond acceptors (Lipinski definition) is 3. The fourth-order valence-electron chi connectivity index (χ4n) is 3.11. The SMILES string of the molecule is COc1cc(CNC(=O)CCCCC#Cc2cccc3ccccc23)ccc1O. The summed E-state index contributed by atoms with van der Waals surface area (Å²) in [6.07, 6.45) is 2.93. The molecule has 4 heteroatoms. The highest BCUT2D eigenvalue weighted by molar-refractivity contribution is 5.88. The van der Waals surface area contributed by atoms with Crippen LogP contribution in [0.3, 0.4) is 0 Å². The quantitative estimate of drug-likeness (QED) is 0.453. The first kappa shape index (κ1) is 20.3. The molecule has 148 valence electrons. The number of phenolic OH excluding ortho intramolecular Hbond substituents is 1. The summed E-state index contributed by atoms with van der Waals surface area (Å²) in [6.45, 7) is 0.413. The fraction of sp³-hybridized carbons (Fsp3) is 0.240. The monoisotopic (exact) mass is 387 g/mol. The van der Waals surface area contributed by atoms with Crippen molar-refractivity contribution in [1.82, 2.24) is 5.32 Å². The molecule has 0 saturated heterocycles. The third-order valence-corrected chi connectivity index (χ3v) is 4.70. The Morgan fingerprint density at radius 2 is 1.90 bits per heavy atom. The summed E-state index contributed by atoms with van der Waals surface area (Å²) in [6, 6.07) is 19.5. The van der Waals surface area contributed by atoms with Gasteiger partial charge < -0.3 is 15.2 Å². The minimum absolute atomic E-state index is 0.0130. The van der Waals surface area contributed by atoms with Gasteiger partial charge in [-0.05, 0) is 47.4 Å². The molecule has 0 atom stereocenters. The van der Waals surface area contributed by atoms with E-state index < -0.39 is 0 Å². The molecule has 0 aliphatic heterocycles. The Labute approximate surface area is 171 Å². The van der Waals surface area contributed by atoms with Crippen molar-refractivity contribution >= 4 is 16.7 Å². The zero-order valence-corrected chi connectivity index (χ0v) is 16.6. The summed E-state index contributed by atoms with van der Waals surface area (Å²) < 4.78 is 5.07. The van der Waals surface area contributed by atoms with Crippen LogP contribution in [0, 0.1) is 11.8 Å². The van der Waals surface area contributed by atoms with Gasteiger partial charge in [-0.1, -0.05) is 54.3 Å². The van der Waals surface area contributed by atoms with Crippen LogP contribution < -0.4 is 10.1 Å². The standard InChI is InChI=1S/C25H25NO3/c1-29-24-17-19(15-16-23(24)27)18-26-25(28)14-5-3-2-4-9-20-11-8-12-21-10-6-7-13-22(20)21/h6-8,10-13,15-17,27H,2-3,5,14,18H2,1H3,(H,26,28). The summed E-state index contributed by atoms with van der Waals surface area (Å²) in [4.78, 5) is 12.0. The molecule has 0 aliphatic carbocycles. The van der Waals surface area contributed by atoms with Gasteiger partial charge in [-0.15, -0.1) is 0 Å². The summed E-state index contributed by atoms with van der Waals surface area (Å²) in [7, 11) is 1.50. The van der Waals surface area contributed by atoms with Gasteiger partial charge in [0.15, 0.2) is 11.5 Å². The topological polar surface area (TPSA) is 58.6 Å². The molecule has 1 amide bonds. The first-order valence-electron chi connectivity index (χ1n) is 9.76. The summed E-state index contributed by atoms with van der Waals surface area (Å²) in [5, 5.41) is 14.9. The smallest absolute Gasteiger partial charge is 0.220 e. The average Bonchev–Trinajstić information content (AvgIpc) is 2.75. The largest absolute Gasteiger partial charge is 0.504 e. The maximum Gasteiger partial charge on any atom is 0.220 e. The highest BCUT2D eigenvalue weighted by Gasteiger charge is 2.05. The Morgan fingerprint density at radius 3 is 2.76 bits per heavy atom. The lowest BCUT2D eigenvalue weighted by molar-refractivity contribution is -0.121. The van der Waals surface area contributed by atoms with Crippen LogP contribution in [-0.4, -0.2) is 18.1 Å². The number of carbonyl (C=O) groups is 1. The van der Waals surface area contributed by atoms with Crippen LogP contribution in [0.2, 0.25) is 0 Å². The number of nitrogens with one attached hydrogen (secondary N) is 1. The maximum atomic E-state index is 12.0. The second-order valence-corrected chi connectivity index (χ2v) is 6.82. The molecule has 0 radical (unpaired) electrons. The van der Waals surface area contributed by atoms with Gasteiger partial charge in [0.2, 0.25) is 5.91 Å². The first-order valence-corrected chi connectivity index (χ1v) is 9.76. The number of hydrogen-bond donors (Lipinski definition) is 2. The van der Waals surface area contributed by atoms with E-state index in [4.69, 9.17) is 4.74 Å². The molecule has 0 heterocycles. The number of aromatic hydroxyl groups is 1. The lowest BCUT2D eigenvalue weighted by atomic mass is 10.0. The number of amides is 1. The van der Waals surface area contributed by atoms with Crippen LogP contribution in [0.4, 0.5) is 0 Å². The second-order valence-electron chi connectivity index (χ2n) is 6.82. The van der Waals surface area contributed by atoms with Gasteiger partial charge in [-0.2, -0.15) is 0 Å². The third-order valence-electron chi connectivity index (χ3n) is 4.70. The Balaban J connectivity index is 1.40. The van der Waals surface area contributed by atoms with E-state index in [9.17, 15) is 9.90 Å². The van der Waals surface area contributed by atoms with E-state index in [1.165, 1.54) is 17.9 Å². The molecule has 4 nitrogen and oxygen atoms in total. The van der Waals surface area contributed by atoms with Gasteiger partial charge in [0, 0.05) is 24.9 Å². The molecule has 0 aromatic heterocycles. The van der Waals surface area contributed by atoms with Gasteiger partial charge in [-0.3, -0.25) is 4.79 Å². The molecule has 29 heavy (non-hydrogen) atoms. The predicted octanol–water partition coefficient (Wildman–Crippen LogP) is 4.78. The maximum absolute atomic E-state index is 12.0. The van der Waals surface area contributed by atoms with E-state index in [-0.39, 0.29) is 11.7 Å². The van der Waals surface area contributed by atoms with Crippen LogP contribution >= 0.6 is 0 Å². The van der Waals surface area contributed by atoms with E-state index in [2.05, 4.69) is 35.4 Å². The summed E-state index contributed by atoms with van der Waals surface area (Å²) >= 11 is 0. The zero-order chi connectivity index (χ0) is 20.5. The molecule has 0 unspecified atom stereocenters. The summed E-state index contributed by atoms with van der Waals surface area (Å²) in [5.74, 6) is 6.99. The number of methoxy groups -OCH3 is 1. The number of fused-ring (bicyclic) bond motifs is 1. The van der Waals surface area contributed by atoms with Gasteiger partial charge in [0.05, 0.1) is 7.11 Å². The Kier molecular flexibility index (Phi) is 7.13. The lowest BCUT2D eigenvalue weighted by Crippen LogP contribution is -2.22. The number of carbonyl (C=O) groups excluding carboxylic acids is 1. The van der Waals surface area contributed by atoms with E-state index in [0.29, 0.717) is 18.7 Å². The van der Waals surface area contributed by atoms with Crippen LogP contribution in [-0.2, 0) is 11.3 Å². The van der Waals surface area contributed by atoms with Crippen LogP contribution in [0.15, 0.2) is 60.7 Å². The number of rotatable bonds is 7. The fourth-order valence-corrected chi connectivity index (χ4v) is 3.11. The van der Waals surface area contributed by atoms with E-state index in [1.807, 2.05) is 24.3 Å². The Morgan fingerprint density at radius 1 is 1.07 bits per heavy atom. The van der Waals surface area contributed by atoms with Crippen molar-refractivity contribution in [3.8, 4) is 23.3 Å². The van der Waals surface area contributed by atoms with Crippen molar-refractivity contribution in [3.63, 3.8) is 0 Å². The van der Waals surface area contributed by atoms with Crippen LogP contribution in [0.5, 0.6) is 11.5 Å². The highest BCUT2D eigenvalue weighted by atomic mass is 16.5. The molecule has 0 fully saturated rings. The van der Waals surface area contributed by atoms with E-state index >= 15 is 0 Å². The van der Waals surface area contributed by atoms with Gasteiger partial charge in [-0.25, -0.2) is 0 Å². The van der Waals surface area contributed by atoms with Crippen molar-refractivity contribution in [1.29, 1.82) is 0 Å². The number of unbranched alkanes of at least 4 members (excludes halogenated alkanes) is 2. The van der Waals surface area contributed by atoms with Crippen molar-refractivity contribution in [2.75, 3.05) is 7.11 Å². The lowest BCUT2D eigenvalue weighted by Gasteiger charge is -2.08. The van der Waals surface area contributed by atoms with Gasteiger partial charge in [0.1, 0.15) is 0 Å². The van der Waals surface area contributed by atoms with Crippen LogP contribution in [0.25, 0.3) is 10.8 Å². The molecular formula is C25H25NO3. The Bertz CT molecular complexity index is 1040. The average molecular weight is 387 g/mol. The molecule has 0 aliphatic rings. The van der Waals surface area contributed by atoms with Gasteiger partial charge in [0.25, 0.3) is 0 Å². The molecule has 3 aromatic rings. The summed E-state index contributed by atoms with van der Waals surface area (Å²) in [5.41, 5.74) is 1.93. The predicted molar refractivity (Wildman–Crippen MR) is 116 cm³/mol. The van der Waals surface area contributed by atoms with Crippen molar-refractivity contribution in [2.45, 2.75) is 32.2 Å². The van der Waals surface area contributed by atoms with Gasteiger partial charge >= 0.3 is 0 Å². The highest BCUT2D eigenvalue weighted by Crippen LogP contribution is 2.26. The van der Waals surface area contributed by atoms with Crippen molar-refractivity contribution in [3.05, 3.63) is 71.8 Å². The Hall–Kier alpha value is -3.45. The zero-order valence-electron chi connectivity index (χ0n) is 16.6. The van der Waals surface area contributed by atoms with Crippen LogP contribution in [0.1, 0.15) is 36.8 Å². The molecular weight excluding hydrogens is 362 g/mol. The third kappa shape index (κ3) is 5.76. The number of benzene rings is 3. The van der Waals surface area contributed by atoms with Crippen molar-refractivity contribution < 1.29 is 14.6 Å². The molecule has 0 bridgehead atoms. The second kappa shape index (κ2) is 10.2. The minimum Gasteiger partial charge on any atom is -0.504 e. The van der Waals surface area contributed by atoms with Crippen molar-refractivity contribution in [2.24, 2.45) is 0 Å². The number of ether oxygens (including phenoxy) is 1. The first-order chi connectivity index (χ1) is 14.2. The normalized spacial score (nSPS) is 10.2. The molecule has 0 saturated carbocycles. The molecule has 2 N–H and O–H groups in total. The number of phenols is 1.